The maximum Gasteiger partial charge on any atom is 0.422 e. The number of ether oxygens (including phenoxy) is 2. The normalized spacial score (nSPS) is 12.1. The minimum atomic E-state index is -4.41. The lowest BCUT2D eigenvalue weighted by molar-refractivity contribution is -0.153. The van der Waals surface area contributed by atoms with E-state index in [2.05, 4.69) is 10.1 Å². The van der Waals surface area contributed by atoms with Crippen molar-refractivity contribution in [1.29, 1.82) is 0 Å². The predicted octanol–water partition coefficient (Wildman–Crippen LogP) is 3.58. The predicted molar refractivity (Wildman–Crippen MR) is 93.4 cm³/mol. The van der Waals surface area contributed by atoms with Gasteiger partial charge < -0.3 is 19.9 Å². The molecule has 0 bridgehead atoms. The molecule has 2 N–H and O–H groups in total. The first-order chi connectivity index (χ1) is 13.1. The number of amides is 1. The number of hydrogen-bond acceptors (Lipinski definition) is 4. The van der Waals surface area contributed by atoms with Crippen molar-refractivity contribution in [3.8, 4) is 11.5 Å². The number of nitrogens with one attached hydrogen (secondary N) is 1. The highest BCUT2D eigenvalue weighted by molar-refractivity contribution is 5.94. The van der Waals surface area contributed by atoms with Gasteiger partial charge in [0.1, 0.15) is 11.5 Å². The Kier molecular flexibility index (Phi) is 6.86. The van der Waals surface area contributed by atoms with Crippen molar-refractivity contribution < 1.29 is 37.3 Å². The van der Waals surface area contributed by atoms with Crippen LogP contribution in [0.15, 0.2) is 48.5 Å². The maximum atomic E-state index is 12.4. The Morgan fingerprint density at radius 3 is 2.36 bits per heavy atom. The average Bonchev–Trinajstić information content (AvgIpc) is 2.64. The molecule has 9 heteroatoms. The van der Waals surface area contributed by atoms with E-state index in [1.165, 1.54) is 24.3 Å². The molecule has 2 aromatic carbocycles. The van der Waals surface area contributed by atoms with Gasteiger partial charge in [-0.25, -0.2) is 4.79 Å². The molecule has 0 heterocycles. The van der Waals surface area contributed by atoms with E-state index in [1.807, 2.05) is 0 Å². The molecule has 150 valence electrons. The summed E-state index contributed by atoms with van der Waals surface area (Å²) in [5.41, 5.74) is 0.950. The Labute approximate surface area is 158 Å². The minimum absolute atomic E-state index is 0.0721. The number of hydrogen-bond donors (Lipinski definition) is 2. The van der Waals surface area contributed by atoms with Gasteiger partial charge in [0.25, 0.3) is 5.91 Å². The molecule has 0 fully saturated rings. The van der Waals surface area contributed by atoms with Crippen LogP contribution in [0.1, 0.15) is 28.9 Å². The fourth-order valence-corrected chi connectivity index (χ4v) is 2.25. The lowest BCUT2D eigenvalue weighted by Gasteiger charge is -2.16. The summed E-state index contributed by atoms with van der Waals surface area (Å²) in [7, 11) is 0. The van der Waals surface area contributed by atoms with Crippen molar-refractivity contribution in [2.45, 2.75) is 19.1 Å². The van der Waals surface area contributed by atoms with Gasteiger partial charge in [-0.3, -0.25) is 4.79 Å². The Hall–Kier alpha value is -3.23. The van der Waals surface area contributed by atoms with Crippen LogP contribution >= 0.6 is 0 Å². The van der Waals surface area contributed by atoms with E-state index in [4.69, 9.17) is 9.84 Å². The van der Waals surface area contributed by atoms with Crippen LogP contribution in [0.25, 0.3) is 0 Å². The summed E-state index contributed by atoms with van der Waals surface area (Å²) in [5, 5.41) is 11.4. The zero-order valence-electron chi connectivity index (χ0n) is 14.8. The first-order valence-electron chi connectivity index (χ1n) is 8.19. The average molecular weight is 397 g/mol. The van der Waals surface area contributed by atoms with E-state index in [0.717, 1.165) is 0 Å². The third-order valence-electron chi connectivity index (χ3n) is 3.59. The molecular formula is C19H18F3NO5. The standard InChI is InChI=1S/C19H18F3NO5/c1-12(13-5-7-15(8-6-13)28-11-19(20,21)22)23-18(26)14-3-2-4-16(9-14)27-10-17(24)25/h2-9,12H,10-11H2,1H3,(H,23,26)(H,24,25). The second kappa shape index (κ2) is 9.12. The second-order valence-electron chi connectivity index (χ2n) is 5.88. The van der Waals surface area contributed by atoms with E-state index < -0.39 is 37.3 Å². The first kappa shape index (κ1) is 21.1. The monoisotopic (exact) mass is 397 g/mol. The highest BCUT2D eigenvalue weighted by atomic mass is 19.4. The number of carboxylic acid groups (broad SMARTS) is 1. The number of carboxylic acids is 1. The van der Waals surface area contributed by atoms with E-state index in [-0.39, 0.29) is 17.1 Å². The summed E-state index contributed by atoms with van der Waals surface area (Å²) in [5.74, 6) is -1.23. The van der Waals surface area contributed by atoms with Crippen LogP contribution in [0.2, 0.25) is 0 Å². The molecule has 0 saturated carbocycles. The number of carbonyl (C=O) groups is 2. The van der Waals surface area contributed by atoms with Crippen LogP contribution in [-0.2, 0) is 4.79 Å². The molecular weight excluding hydrogens is 379 g/mol. The molecule has 1 atom stereocenters. The highest BCUT2D eigenvalue weighted by Gasteiger charge is 2.28. The van der Waals surface area contributed by atoms with E-state index in [9.17, 15) is 22.8 Å². The number of carbonyl (C=O) groups excluding carboxylic acids is 1. The van der Waals surface area contributed by atoms with Gasteiger partial charge in [0.2, 0.25) is 0 Å². The van der Waals surface area contributed by atoms with Gasteiger partial charge in [0.05, 0.1) is 6.04 Å². The summed E-state index contributed by atoms with van der Waals surface area (Å²) >= 11 is 0. The highest BCUT2D eigenvalue weighted by Crippen LogP contribution is 2.21. The van der Waals surface area contributed by atoms with Gasteiger partial charge in [0, 0.05) is 5.56 Å². The Morgan fingerprint density at radius 1 is 1.07 bits per heavy atom. The van der Waals surface area contributed by atoms with Crippen LogP contribution in [0.5, 0.6) is 11.5 Å². The molecule has 0 aliphatic heterocycles. The van der Waals surface area contributed by atoms with Crippen molar-refractivity contribution in [2.24, 2.45) is 0 Å². The quantitative estimate of drug-likeness (QED) is 0.711. The summed E-state index contributed by atoms with van der Waals surface area (Å²) < 4.78 is 46.2. The van der Waals surface area contributed by atoms with Crippen LogP contribution in [0.3, 0.4) is 0 Å². The van der Waals surface area contributed by atoms with Crippen molar-refractivity contribution in [3.05, 3.63) is 59.7 Å². The summed E-state index contributed by atoms with van der Waals surface area (Å²) in [6, 6.07) is 11.5. The maximum absolute atomic E-state index is 12.4. The number of halogens is 3. The van der Waals surface area contributed by atoms with Gasteiger partial charge in [-0.15, -0.1) is 0 Å². The van der Waals surface area contributed by atoms with Crippen molar-refractivity contribution in [3.63, 3.8) is 0 Å². The lowest BCUT2D eigenvalue weighted by atomic mass is 10.1. The van der Waals surface area contributed by atoms with E-state index >= 15 is 0 Å². The SMILES string of the molecule is CC(NC(=O)c1cccc(OCC(=O)O)c1)c1ccc(OCC(F)(F)F)cc1. The van der Waals surface area contributed by atoms with Gasteiger partial charge in [0.15, 0.2) is 13.2 Å². The zero-order valence-corrected chi connectivity index (χ0v) is 14.8. The third kappa shape index (κ3) is 6.82. The Bertz CT molecular complexity index is 821. The van der Waals surface area contributed by atoms with E-state index in [0.29, 0.717) is 5.56 Å². The Morgan fingerprint density at radius 2 is 1.75 bits per heavy atom. The zero-order chi connectivity index (χ0) is 20.7. The molecule has 1 amide bonds. The molecule has 2 rings (SSSR count). The number of rotatable bonds is 8. The first-order valence-corrected chi connectivity index (χ1v) is 8.19. The third-order valence-corrected chi connectivity index (χ3v) is 3.59. The molecule has 0 aliphatic carbocycles. The molecule has 6 nitrogen and oxygen atoms in total. The van der Waals surface area contributed by atoms with Crippen LogP contribution in [0, 0.1) is 0 Å². The molecule has 0 aromatic heterocycles. The topological polar surface area (TPSA) is 84.9 Å². The second-order valence-corrected chi connectivity index (χ2v) is 5.88. The fraction of sp³-hybridized carbons (Fsp3) is 0.263. The molecule has 0 saturated heterocycles. The summed E-state index contributed by atoms with van der Waals surface area (Å²) in [6.07, 6.45) is -4.41. The minimum Gasteiger partial charge on any atom is -0.484 e. The van der Waals surface area contributed by atoms with Crippen LogP contribution in [-0.4, -0.2) is 36.4 Å². The molecule has 0 aliphatic rings. The molecule has 0 spiro atoms. The van der Waals surface area contributed by atoms with Gasteiger partial charge >= 0.3 is 12.1 Å². The van der Waals surface area contributed by atoms with Crippen molar-refractivity contribution >= 4 is 11.9 Å². The lowest BCUT2D eigenvalue weighted by Crippen LogP contribution is -2.26. The fourth-order valence-electron chi connectivity index (χ4n) is 2.25. The molecule has 2 aromatic rings. The molecule has 28 heavy (non-hydrogen) atoms. The molecule has 0 radical (unpaired) electrons. The largest absolute Gasteiger partial charge is 0.484 e. The summed E-state index contributed by atoms with van der Waals surface area (Å²) in [6.45, 7) is -0.183. The van der Waals surface area contributed by atoms with Crippen LogP contribution < -0.4 is 14.8 Å². The molecule has 1 unspecified atom stereocenters. The smallest absolute Gasteiger partial charge is 0.422 e. The van der Waals surface area contributed by atoms with Crippen LogP contribution in [0.4, 0.5) is 13.2 Å². The van der Waals surface area contributed by atoms with Crippen molar-refractivity contribution in [2.75, 3.05) is 13.2 Å². The van der Waals surface area contributed by atoms with Gasteiger partial charge in [-0.1, -0.05) is 18.2 Å². The number of aliphatic carboxylic acids is 1. The number of alkyl halides is 3. The van der Waals surface area contributed by atoms with Gasteiger partial charge in [-0.2, -0.15) is 13.2 Å². The Balaban J connectivity index is 1.96. The van der Waals surface area contributed by atoms with Crippen molar-refractivity contribution in [1.82, 2.24) is 5.32 Å². The van der Waals surface area contributed by atoms with Gasteiger partial charge in [-0.05, 0) is 42.8 Å². The summed E-state index contributed by atoms with van der Waals surface area (Å²) in [4.78, 5) is 22.9. The number of benzene rings is 2. The van der Waals surface area contributed by atoms with E-state index in [1.54, 1.807) is 31.2 Å².